The van der Waals surface area contributed by atoms with Crippen molar-refractivity contribution in [2.24, 2.45) is 15.9 Å². The normalized spacial score (nSPS) is 18.0. The van der Waals surface area contributed by atoms with Crippen LogP contribution in [0.3, 0.4) is 0 Å². The van der Waals surface area contributed by atoms with Gasteiger partial charge in [-0.1, -0.05) is 62.4 Å². The fraction of sp³-hybridized carbons (Fsp3) is 0.385. The van der Waals surface area contributed by atoms with Gasteiger partial charge in [0.2, 0.25) is 5.91 Å². The molecule has 2 aromatic carbocycles. The molecule has 6 nitrogen and oxygen atoms in total. The van der Waals surface area contributed by atoms with Gasteiger partial charge in [-0.3, -0.25) is 14.6 Å². The van der Waals surface area contributed by atoms with Crippen molar-refractivity contribution in [1.82, 2.24) is 4.90 Å². The van der Waals surface area contributed by atoms with E-state index in [0.29, 0.717) is 17.4 Å². The van der Waals surface area contributed by atoms with Crippen LogP contribution in [0.1, 0.15) is 49.4 Å². The van der Waals surface area contributed by atoms with Crippen LogP contribution in [0.5, 0.6) is 0 Å². The lowest BCUT2D eigenvalue weighted by Crippen LogP contribution is -2.43. The van der Waals surface area contributed by atoms with E-state index in [9.17, 15) is 9.59 Å². The molecular weight excluding hydrogens is 432 g/mol. The number of nitrogens with zero attached hydrogens (tertiary/aromatic N) is 3. The number of amides is 2. The molecule has 2 aromatic rings. The van der Waals surface area contributed by atoms with Crippen LogP contribution in [0.4, 0.5) is 11.4 Å². The summed E-state index contributed by atoms with van der Waals surface area (Å²) in [6, 6.07) is 11.4. The van der Waals surface area contributed by atoms with Crippen molar-refractivity contribution >= 4 is 46.0 Å². The Morgan fingerprint density at radius 2 is 1.82 bits per heavy atom. The van der Waals surface area contributed by atoms with E-state index < -0.39 is 11.3 Å². The largest absolute Gasteiger partial charge is 0.325 e. The second-order valence-electron chi connectivity index (χ2n) is 9.00. The van der Waals surface area contributed by atoms with Crippen LogP contribution in [-0.4, -0.2) is 39.0 Å². The molecule has 0 saturated heterocycles. The summed E-state index contributed by atoms with van der Waals surface area (Å²) in [4.78, 5) is 37.7. The first-order chi connectivity index (χ1) is 15.7. The molecule has 2 amide bonds. The van der Waals surface area contributed by atoms with Crippen LogP contribution in [0.25, 0.3) is 0 Å². The quantitative estimate of drug-likeness (QED) is 0.649. The van der Waals surface area contributed by atoms with Gasteiger partial charge in [-0.15, -0.1) is 0 Å². The Hall–Kier alpha value is -2.93. The van der Waals surface area contributed by atoms with Crippen molar-refractivity contribution in [3.8, 4) is 0 Å². The van der Waals surface area contributed by atoms with E-state index in [1.54, 1.807) is 4.90 Å². The summed E-state index contributed by atoms with van der Waals surface area (Å²) >= 11 is 1.33. The lowest BCUT2D eigenvalue weighted by atomic mass is 10.0. The van der Waals surface area contributed by atoms with E-state index in [-0.39, 0.29) is 17.7 Å². The van der Waals surface area contributed by atoms with Gasteiger partial charge in [-0.05, 0) is 56.4 Å². The molecule has 0 bridgehead atoms. The molecule has 2 atom stereocenters. The van der Waals surface area contributed by atoms with E-state index >= 15 is 0 Å². The van der Waals surface area contributed by atoms with Gasteiger partial charge < -0.3 is 5.32 Å². The van der Waals surface area contributed by atoms with E-state index in [2.05, 4.69) is 17.4 Å². The third-order valence-corrected chi connectivity index (χ3v) is 7.28. The number of rotatable bonds is 5. The summed E-state index contributed by atoms with van der Waals surface area (Å²) < 4.78 is 0. The molecule has 0 unspecified atom stereocenters. The first-order valence-electron chi connectivity index (χ1n) is 11.4. The number of aryl methyl sites for hydroxylation is 3. The molecule has 0 radical (unpaired) electrons. The van der Waals surface area contributed by atoms with Crippen LogP contribution in [0.2, 0.25) is 0 Å². The molecule has 0 aromatic heterocycles. The fourth-order valence-corrected chi connectivity index (χ4v) is 5.33. The predicted octanol–water partition coefficient (Wildman–Crippen LogP) is 5.38. The molecule has 2 heterocycles. The molecule has 0 saturated carbocycles. The minimum Gasteiger partial charge on any atom is -0.325 e. The van der Waals surface area contributed by atoms with E-state index in [1.165, 1.54) is 17.3 Å². The Morgan fingerprint density at radius 1 is 1.15 bits per heavy atom. The lowest BCUT2D eigenvalue weighted by molar-refractivity contribution is -0.125. The number of nitrogens with one attached hydrogen (secondary N) is 1. The monoisotopic (exact) mass is 462 g/mol. The number of fused-ring (bicyclic) bond motifs is 3. The molecule has 1 N–H and O–H groups in total. The van der Waals surface area contributed by atoms with Gasteiger partial charge in [0.1, 0.15) is 11.9 Å². The zero-order valence-electron chi connectivity index (χ0n) is 20.0. The number of benzene rings is 2. The summed E-state index contributed by atoms with van der Waals surface area (Å²) in [5, 5.41) is 3.23. The Kier molecular flexibility index (Phi) is 6.43. The van der Waals surface area contributed by atoms with Gasteiger partial charge in [0.05, 0.1) is 10.9 Å². The number of hydrogen-bond acceptors (Lipinski definition) is 5. The minimum atomic E-state index is -0.441. The Bertz CT molecular complexity index is 1160. The van der Waals surface area contributed by atoms with Crippen LogP contribution in [0.15, 0.2) is 46.4 Å². The highest BCUT2D eigenvalue weighted by Crippen LogP contribution is 2.36. The first kappa shape index (κ1) is 23.2. The molecule has 0 fully saturated rings. The number of amidine groups is 2. The highest BCUT2D eigenvalue weighted by atomic mass is 32.2. The van der Waals surface area contributed by atoms with Crippen molar-refractivity contribution in [2.45, 2.75) is 59.3 Å². The Balaban J connectivity index is 1.64. The molecule has 4 rings (SSSR count). The van der Waals surface area contributed by atoms with Crippen LogP contribution in [-0.2, 0) is 9.59 Å². The molecule has 0 spiro atoms. The van der Waals surface area contributed by atoms with Gasteiger partial charge in [0, 0.05) is 11.3 Å². The smallest absolute Gasteiger partial charge is 0.259 e. The summed E-state index contributed by atoms with van der Waals surface area (Å²) in [5.41, 5.74) is 5.70. The minimum absolute atomic E-state index is 0.0757. The average Bonchev–Trinajstić information content (AvgIpc) is 3.12. The van der Waals surface area contributed by atoms with Crippen molar-refractivity contribution in [2.75, 3.05) is 5.32 Å². The Morgan fingerprint density at radius 3 is 2.45 bits per heavy atom. The third-order valence-electron chi connectivity index (χ3n) is 5.97. The number of para-hydroxylation sites is 1. The number of anilines is 1. The van der Waals surface area contributed by atoms with Gasteiger partial charge in [-0.25, -0.2) is 9.89 Å². The van der Waals surface area contributed by atoms with Crippen LogP contribution < -0.4 is 5.32 Å². The van der Waals surface area contributed by atoms with Gasteiger partial charge in [0.25, 0.3) is 5.91 Å². The maximum absolute atomic E-state index is 13.3. The van der Waals surface area contributed by atoms with Gasteiger partial charge in [0.15, 0.2) is 5.17 Å². The number of aliphatic imine (C=N–C) groups is 2. The molecule has 0 aliphatic carbocycles. The van der Waals surface area contributed by atoms with Gasteiger partial charge >= 0.3 is 0 Å². The zero-order chi connectivity index (χ0) is 23.9. The fourth-order valence-electron chi connectivity index (χ4n) is 4.31. The molecule has 172 valence electrons. The highest BCUT2D eigenvalue weighted by Gasteiger charge is 2.43. The SMILES string of the molecule is CC[C@@H](SC1=Nc2ccccc2C2=N[C@@H](C(C)C)C(=O)N12)C(=O)Nc1c(C)cc(C)cc1C. The highest BCUT2D eigenvalue weighted by molar-refractivity contribution is 8.15. The summed E-state index contributed by atoms with van der Waals surface area (Å²) in [6.07, 6.45) is 0.600. The van der Waals surface area contributed by atoms with Crippen molar-refractivity contribution < 1.29 is 9.59 Å². The standard InChI is InChI=1S/C26H30N4O2S/c1-7-20(24(31)29-22-16(5)12-15(4)13-17(22)6)33-26-27-19-11-9-8-10-18(19)23-28-21(14(2)3)25(32)30(23)26/h8-14,20-21H,7H2,1-6H3,(H,29,31)/t20-,21+/m1/s1. The summed E-state index contributed by atoms with van der Waals surface area (Å²) in [5.74, 6) is 0.532. The van der Waals surface area contributed by atoms with Crippen molar-refractivity contribution in [3.63, 3.8) is 0 Å². The van der Waals surface area contributed by atoms with Crippen LogP contribution >= 0.6 is 11.8 Å². The first-order valence-corrected chi connectivity index (χ1v) is 12.2. The second kappa shape index (κ2) is 9.14. The molecule has 2 aliphatic rings. The summed E-state index contributed by atoms with van der Waals surface area (Å²) in [7, 11) is 0. The van der Waals surface area contributed by atoms with Gasteiger partial charge in [-0.2, -0.15) is 0 Å². The van der Waals surface area contributed by atoms with Crippen molar-refractivity contribution in [3.05, 3.63) is 58.7 Å². The van der Waals surface area contributed by atoms with E-state index in [1.807, 2.05) is 65.8 Å². The van der Waals surface area contributed by atoms with E-state index in [4.69, 9.17) is 9.98 Å². The zero-order valence-corrected chi connectivity index (χ0v) is 20.8. The maximum atomic E-state index is 13.3. The molecule has 2 aliphatic heterocycles. The number of thioether (sulfide) groups is 1. The third kappa shape index (κ3) is 4.34. The average molecular weight is 463 g/mol. The maximum Gasteiger partial charge on any atom is 0.259 e. The summed E-state index contributed by atoms with van der Waals surface area (Å²) in [6.45, 7) is 12.0. The lowest BCUT2D eigenvalue weighted by Gasteiger charge is -2.27. The van der Waals surface area contributed by atoms with Crippen molar-refractivity contribution in [1.29, 1.82) is 0 Å². The number of hydrogen-bond donors (Lipinski definition) is 1. The Labute approximate surface area is 199 Å². The number of carbonyl (C=O) groups is 2. The van der Waals surface area contributed by atoms with E-state index in [0.717, 1.165) is 28.1 Å². The molecule has 7 heteroatoms. The van der Waals surface area contributed by atoms with Crippen LogP contribution in [0, 0.1) is 26.7 Å². The molecular formula is C26H30N4O2S. The topological polar surface area (TPSA) is 74.1 Å². The second-order valence-corrected chi connectivity index (χ2v) is 10.2. The molecule has 33 heavy (non-hydrogen) atoms. The number of carbonyl (C=O) groups excluding carboxylic acids is 2. The predicted molar refractivity (Wildman–Crippen MR) is 136 cm³/mol.